The molecule has 1 N–H and O–H groups in total. The van der Waals surface area contributed by atoms with Gasteiger partial charge < -0.3 is 19.5 Å². The van der Waals surface area contributed by atoms with Crippen molar-refractivity contribution in [3.05, 3.63) is 12.0 Å². The summed E-state index contributed by atoms with van der Waals surface area (Å²) >= 11 is 0. The molecule has 0 spiro atoms. The summed E-state index contributed by atoms with van der Waals surface area (Å²) in [6.45, 7) is 0.662. The highest BCUT2D eigenvalue weighted by atomic mass is 16.3. The van der Waals surface area contributed by atoms with Gasteiger partial charge >= 0.3 is 0 Å². The molecule has 1 aliphatic rings. The van der Waals surface area contributed by atoms with Gasteiger partial charge in [0.05, 0.1) is 12.4 Å². The van der Waals surface area contributed by atoms with Crippen LogP contribution in [0.15, 0.2) is 6.33 Å². The quantitative estimate of drug-likeness (QED) is 0.793. The first-order valence-corrected chi connectivity index (χ1v) is 8.07. The Morgan fingerprint density at radius 1 is 1.39 bits per heavy atom. The number of hydrogen-bond acceptors (Lipinski definition) is 4. The van der Waals surface area contributed by atoms with Gasteiger partial charge in [-0.3, -0.25) is 9.59 Å². The number of anilines is 1. The molecule has 1 heterocycles. The first-order chi connectivity index (χ1) is 10.9. The molecule has 23 heavy (non-hydrogen) atoms. The molecule has 2 amide bonds. The highest BCUT2D eigenvalue weighted by Crippen LogP contribution is 2.27. The molecule has 1 aromatic rings. The van der Waals surface area contributed by atoms with Gasteiger partial charge in [0.2, 0.25) is 6.41 Å². The maximum absolute atomic E-state index is 12.7. The smallest absolute Gasteiger partial charge is 0.274 e. The van der Waals surface area contributed by atoms with E-state index in [4.69, 9.17) is 0 Å². The van der Waals surface area contributed by atoms with E-state index in [1.807, 2.05) is 0 Å². The van der Waals surface area contributed by atoms with Crippen molar-refractivity contribution in [3.8, 4) is 0 Å². The zero-order chi connectivity index (χ0) is 17.0. The van der Waals surface area contributed by atoms with Crippen molar-refractivity contribution in [1.29, 1.82) is 0 Å². The minimum atomic E-state index is -0.151. The van der Waals surface area contributed by atoms with Crippen LogP contribution in [-0.2, 0) is 11.8 Å². The van der Waals surface area contributed by atoms with Crippen molar-refractivity contribution in [1.82, 2.24) is 14.5 Å². The van der Waals surface area contributed by atoms with Gasteiger partial charge in [-0.15, -0.1) is 0 Å². The van der Waals surface area contributed by atoms with Crippen LogP contribution >= 0.6 is 0 Å². The van der Waals surface area contributed by atoms with Gasteiger partial charge in [0.1, 0.15) is 0 Å². The lowest BCUT2D eigenvalue weighted by molar-refractivity contribution is -0.107. The van der Waals surface area contributed by atoms with Gasteiger partial charge in [-0.05, 0) is 38.0 Å². The van der Waals surface area contributed by atoms with E-state index >= 15 is 0 Å². The lowest BCUT2D eigenvalue weighted by atomic mass is 9.85. The largest absolute Gasteiger partial charge is 0.393 e. The molecule has 7 heteroatoms. The van der Waals surface area contributed by atoms with Crippen molar-refractivity contribution in [2.24, 2.45) is 13.0 Å². The van der Waals surface area contributed by atoms with Crippen LogP contribution in [0.4, 0.5) is 5.82 Å². The summed E-state index contributed by atoms with van der Waals surface area (Å²) in [5.41, 5.74) is 0.418. The van der Waals surface area contributed by atoms with Crippen LogP contribution in [0.5, 0.6) is 0 Å². The summed E-state index contributed by atoms with van der Waals surface area (Å²) in [6.07, 6.45) is 6.73. The van der Waals surface area contributed by atoms with Gasteiger partial charge in [0.15, 0.2) is 11.5 Å². The second kappa shape index (κ2) is 7.59. The maximum Gasteiger partial charge on any atom is 0.274 e. The summed E-state index contributed by atoms with van der Waals surface area (Å²) in [7, 11) is 5.11. The molecule has 1 saturated carbocycles. The molecule has 128 valence electrons. The zero-order valence-corrected chi connectivity index (χ0v) is 14.1. The number of carbonyl (C=O) groups excluding carboxylic acids is 2. The Bertz CT molecular complexity index is 550. The lowest BCUT2D eigenvalue weighted by Gasteiger charge is -2.27. The lowest BCUT2D eigenvalue weighted by Crippen LogP contribution is -2.32. The molecule has 0 bridgehead atoms. The maximum atomic E-state index is 12.7. The zero-order valence-electron chi connectivity index (χ0n) is 14.1. The van der Waals surface area contributed by atoms with Crippen molar-refractivity contribution in [2.45, 2.75) is 38.2 Å². The van der Waals surface area contributed by atoms with E-state index in [1.54, 1.807) is 36.9 Å². The molecule has 1 aliphatic carbocycles. The molecule has 7 nitrogen and oxygen atoms in total. The molecule has 0 radical (unpaired) electrons. The molecular formula is C16H26N4O3. The molecule has 0 atom stereocenters. The Morgan fingerprint density at radius 2 is 2.04 bits per heavy atom. The molecule has 0 aromatic carbocycles. The van der Waals surface area contributed by atoms with E-state index < -0.39 is 0 Å². The van der Waals surface area contributed by atoms with Gasteiger partial charge in [0.25, 0.3) is 5.91 Å². The molecule has 0 aliphatic heterocycles. The topological polar surface area (TPSA) is 78.7 Å². The van der Waals surface area contributed by atoms with E-state index in [0.29, 0.717) is 30.4 Å². The first-order valence-electron chi connectivity index (χ1n) is 8.07. The molecular weight excluding hydrogens is 296 g/mol. The number of aliphatic hydroxyl groups excluding tert-OH is 1. The molecule has 1 aromatic heterocycles. The van der Waals surface area contributed by atoms with Gasteiger partial charge in [-0.25, -0.2) is 4.98 Å². The number of imidazole rings is 1. The Hall–Kier alpha value is -1.89. The summed E-state index contributed by atoms with van der Waals surface area (Å²) in [4.78, 5) is 30.7. The monoisotopic (exact) mass is 322 g/mol. The standard InChI is InChI=1S/C16H26N4O3/c1-18(9-8-12-4-6-13(22)7-5-12)16(23)14-15(20(3)11-21)17-10-19(14)2/h10-13,22H,4-9H2,1-3H3. The number of hydrogen-bond donors (Lipinski definition) is 1. The van der Waals surface area contributed by atoms with E-state index in [9.17, 15) is 14.7 Å². The number of aliphatic hydroxyl groups is 1. The minimum Gasteiger partial charge on any atom is -0.393 e. The first kappa shape index (κ1) is 17.5. The van der Waals surface area contributed by atoms with Gasteiger partial charge in [-0.2, -0.15) is 0 Å². The van der Waals surface area contributed by atoms with Crippen LogP contribution in [0.3, 0.4) is 0 Å². The van der Waals surface area contributed by atoms with Crippen molar-refractivity contribution in [2.75, 3.05) is 25.5 Å². The highest BCUT2D eigenvalue weighted by Gasteiger charge is 2.24. The van der Waals surface area contributed by atoms with E-state index in [-0.39, 0.29) is 12.0 Å². The molecule has 2 rings (SSSR count). The Labute approximate surface area is 136 Å². The van der Waals surface area contributed by atoms with E-state index in [0.717, 1.165) is 32.1 Å². The predicted octanol–water partition coefficient (Wildman–Crippen LogP) is 1.03. The van der Waals surface area contributed by atoms with Gasteiger partial charge in [-0.1, -0.05) is 0 Å². The fourth-order valence-corrected chi connectivity index (χ4v) is 3.06. The average molecular weight is 322 g/mol. The number of carbonyl (C=O) groups is 2. The van der Waals surface area contributed by atoms with E-state index in [2.05, 4.69) is 4.98 Å². The average Bonchev–Trinajstić information content (AvgIpc) is 2.94. The van der Waals surface area contributed by atoms with Crippen LogP contribution in [0.25, 0.3) is 0 Å². The minimum absolute atomic E-state index is 0.135. The third kappa shape index (κ3) is 4.10. The molecule has 0 unspecified atom stereocenters. The normalized spacial score (nSPS) is 21.0. The van der Waals surface area contributed by atoms with Gasteiger partial charge in [0, 0.05) is 27.7 Å². The second-order valence-electron chi connectivity index (χ2n) is 6.43. The number of aryl methyl sites for hydroxylation is 1. The van der Waals surface area contributed by atoms with E-state index in [1.165, 1.54) is 4.90 Å². The predicted molar refractivity (Wildman–Crippen MR) is 87.2 cm³/mol. The van der Waals surface area contributed by atoms with Crippen molar-refractivity contribution in [3.63, 3.8) is 0 Å². The van der Waals surface area contributed by atoms with Crippen LogP contribution in [0.2, 0.25) is 0 Å². The van der Waals surface area contributed by atoms with Crippen LogP contribution in [0.1, 0.15) is 42.6 Å². The van der Waals surface area contributed by atoms with Crippen molar-refractivity contribution < 1.29 is 14.7 Å². The van der Waals surface area contributed by atoms with Crippen LogP contribution in [-0.4, -0.2) is 58.6 Å². The third-order valence-corrected chi connectivity index (χ3v) is 4.65. The number of nitrogens with zero attached hydrogens (tertiary/aromatic N) is 4. The Morgan fingerprint density at radius 3 is 2.65 bits per heavy atom. The van der Waals surface area contributed by atoms with Crippen LogP contribution < -0.4 is 4.90 Å². The SMILES string of the molecule is CN(CCC1CCC(O)CC1)C(=O)c1c(N(C)C=O)ncn1C. The molecule has 0 saturated heterocycles. The fourth-order valence-electron chi connectivity index (χ4n) is 3.06. The Kier molecular flexibility index (Phi) is 5.76. The summed E-state index contributed by atoms with van der Waals surface area (Å²) < 4.78 is 1.64. The van der Waals surface area contributed by atoms with Crippen molar-refractivity contribution >= 4 is 18.1 Å². The second-order valence-corrected chi connectivity index (χ2v) is 6.43. The third-order valence-electron chi connectivity index (χ3n) is 4.65. The number of aromatic nitrogens is 2. The summed E-state index contributed by atoms with van der Waals surface area (Å²) in [5, 5.41) is 9.55. The number of rotatable bonds is 6. The van der Waals surface area contributed by atoms with Crippen LogP contribution in [0, 0.1) is 5.92 Å². The summed E-state index contributed by atoms with van der Waals surface area (Å²) in [6, 6.07) is 0. The highest BCUT2D eigenvalue weighted by molar-refractivity contribution is 5.99. The Balaban J connectivity index is 1.97. The molecule has 1 fully saturated rings. The fraction of sp³-hybridized carbons (Fsp3) is 0.688. The summed E-state index contributed by atoms with van der Waals surface area (Å²) in [5.74, 6) is 0.807. The number of amides is 2.